The SMILES string of the molecule is CS(=O)(=O)N1CCN(C(=O)c2cnc3c(c2)ncn3C2CCCC2)CC1. The molecule has 0 aromatic carbocycles. The second-order valence-corrected chi connectivity index (χ2v) is 9.09. The van der Waals surface area contributed by atoms with Crippen molar-refractivity contribution >= 4 is 27.1 Å². The van der Waals surface area contributed by atoms with E-state index in [1.807, 2.05) is 6.33 Å². The number of imidazole rings is 1. The topological polar surface area (TPSA) is 88.4 Å². The molecule has 2 aromatic rings. The highest BCUT2D eigenvalue weighted by molar-refractivity contribution is 7.88. The third kappa shape index (κ3) is 3.21. The molecule has 8 nitrogen and oxygen atoms in total. The van der Waals surface area contributed by atoms with E-state index in [2.05, 4.69) is 14.5 Å². The summed E-state index contributed by atoms with van der Waals surface area (Å²) in [5.41, 5.74) is 2.06. The van der Waals surface area contributed by atoms with Gasteiger partial charge in [0, 0.05) is 38.4 Å². The number of carbonyl (C=O) groups is 1. The summed E-state index contributed by atoms with van der Waals surface area (Å²) in [6.07, 6.45) is 9.41. The first-order valence-electron chi connectivity index (χ1n) is 9.00. The van der Waals surface area contributed by atoms with Gasteiger partial charge in [-0.05, 0) is 18.9 Å². The van der Waals surface area contributed by atoms with Gasteiger partial charge < -0.3 is 9.47 Å². The normalized spacial score (nSPS) is 20.1. The van der Waals surface area contributed by atoms with Gasteiger partial charge in [0.15, 0.2) is 5.65 Å². The Hall–Kier alpha value is -2.00. The average molecular weight is 377 g/mol. The summed E-state index contributed by atoms with van der Waals surface area (Å²) in [5.74, 6) is -0.122. The Morgan fingerprint density at radius 3 is 2.46 bits per heavy atom. The van der Waals surface area contributed by atoms with Crippen LogP contribution in [-0.4, -0.2) is 70.5 Å². The summed E-state index contributed by atoms with van der Waals surface area (Å²) in [6.45, 7) is 1.44. The molecule has 0 atom stereocenters. The maximum Gasteiger partial charge on any atom is 0.255 e. The van der Waals surface area contributed by atoms with Gasteiger partial charge in [-0.1, -0.05) is 12.8 Å². The molecule has 4 rings (SSSR count). The second kappa shape index (κ2) is 6.62. The molecule has 0 N–H and O–H groups in total. The number of fused-ring (bicyclic) bond motifs is 1. The molecule has 2 aliphatic rings. The smallest absolute Gasteiger partial charge is 0.255 e. The van der Waals surface area contributed by atoms with Crippen LogP contribution in [0.15, 0.2) is 18.6 Å². The molecule has 2 fully saturated rings. The van der Waals surface area contributed by atoms with Crippen molar-refractivity contribution in [2.24, 2.45) is 0 Å². The zero-order valence-corrected chi connectivity index (χ0v) is 15.7. The number of carbonyl (C=O) groups excluding carboxylic acids is 1. The molecule has 0 spiro atoms. The van der Waals surface area contributed by atoms with Gasteiger partial charge in [-0.15, -0.1) is 0 Å². The summed E-state index contributed by atoms with van der Waals surface area (Å²) >= 11 is 0. The zero-order valence-electron chi connectivity index (χ0n) is 14.8. The molecular weight excluding hydrogens is 354 g/mol. The van der Waals surface area contributed by atoms with E-state index in [9.17, 15) is 13.2 Å². The highest BCUT2D eigenvalue weighted by Crippen LogP contribution is 2.31. The molecule has 9 heteroatoms. The number of hydrogen-bond acceptors (Lipinski definition) is 5. The van der Waals surface area contributed by atoms with E-state index in [1.165, 1.54) is 23.4 Å². The number of pyridine rings is 1. The summed E-state index contributed by atoms with van der Waals surface area (Å²) in [5, 5.41) is 0. The van der Waals surface area contributed by atoms with E-state index < -0.39 is 10.0 Å². The van der Waals surface area contributed by atoms with Crippen molar-refractivity contribution in [2.45, 2.75) is 31.7 Å². The summed E-state index contributed by atoms with van der Waals surface area (Å²) in [6, 6.07) is 2.25. The second-order valence-electron chi connectivity index (χ2n) is 7.11. The van der Waals surface area contributed by atoms with E-state index >= 15 is 0 Å². The molecular formula is C17H23N5O3S. The van der Waals surface area contributed by atoms with Gasteiger partial charge in [0.25, 0.3) is 5.91 Å². The van der Waals surface area contributed by atoms with Crippen LogP contribution in [0.4, 0.5) is 0 Å². The largest absolute Gasteiger partial charge is 0.336 e. The number of hydrogen-bond donors (Lipinski definition) is 0. The third-order valence-corrected chi connectivity index (χ3v) is 6.68. The molecule has 0 radical (unpaired) electrons. The molecule has 1 saturated carbocycles. The first-order valence-corrected chi connectivity index (χ1v) is 10.9. The third-order valence-electron chi connectivity index (χ3n) is 5.37. The minimum Gasteiger partial charge on any atom is -0.336 e. The van der Waals surface area contributed by atoms with Gasteiger partial charge in [0.1, 0.15) is 5.52 Å². The molecule has 0 bridgehead atoms. The highest BCUT2D eigenvalue weighted by atomic mass is 32.2. The van der Waals surface area contributed by atoms with Crippen LogP contribution in [0.2, 0.25) is 0 Å². The molecule has 140 valence electrons. The lowest BCUT2D eigenvalue weighted by Crippen LogP contribution is -2.50. The fourth-order valence-corrected chi connectivity index (χ4v) is 4.72. The lowest BCUT2D eigenvalue weighted by Gasteiger charge is -2.33. The number of sulfonamides is 1. The average Bonchev–Trinajstić information content (AvgIpc) is 3.29. The molecule has 2 aromatic heterocycles. The van der Waals surface area contributed by atoms with Crippen molar-refractivity contribution in [2.75, 3.05) is 32.4 Å². The van der Waals surface area contributed by atoms with Crippen molar-refractivity contribution < 1.29 is 13.2 Å². The fourth-order valence-electron chi connectivity index (χ4n) is 3.89. The fraction of sp³-hybridized carbons (Fsp3) is 0.588. The monoisotopic (exact) mass is 377 g/mol. The minimum absolute atomic E-state index is 0.122. The van der Waals surface area contributed by atoms with E-state index in [1.54, 1.807) is 17.2 Å². The number of nitrogens with zero attached hydrogens (tertiary/aromatic N) is 5. The molecule has 1 aliphatic heterocycles. The van der Waals surface area contributed by atoms with Crippen molar-refractivity contribution in [3.8, 4) is 0 Å². The van der Waals surface area contributed by atoms with Crippen molar-refractivity contribution in [1.29, 1.82) is 0 Å². The Labute approximate surface area is 152 Å². The van der Waals surface area contributed by atoms with Gasteiger partial charge in [0.05, 0.1) is 18.1 Å². The predicted molar refractivity (Wildman–Crippen MR) is 97.4 cm³/mol. The summed E-state index contributed by atoms with van der Waals surface area (Å²) in [4.78, 5) is 23.4. The van der Waals surface area contributed by atoms with Crippen molar-refractivity contribution in [3.05, 3.63) is 24.2 Å². The Morgan fingerprint density at radius 2 is 1.81 bits per heavy atom. The van der Waals surface area contributed by atoms with Gasteiger partial charge in [-0.25, -0.2) is 18.4 Å². The van der Waals surface area contributed by atoms with Gasteiger partial charge in [-0.3, -0.25) is 4.79 Å². The molecule has 1 saturated heterocycles. The summed E-state index contributed by atoms with van der Waals surface area (Å²) < 4.78 is 26.7. The number of amides is 1. The Bertz CT molecular complexity index is 925. The molecule has 1 amide bonds. The van der Waals surface area contributed by atoms with Crippen molar-refractivity contribution in [3.63, 3.8) is 0 Å². The van der Waals surface area contributed by atoms with E-state index in [0.717, 1.165) is 24.0 Å². The number of aromatic nitrogens is 3. The van der Waals surface area contributed by atoms with Crippen molar-refractivity contribution in [1.82, 2.24) is 23.7 Å². The number of piperazine rings is 1. The standard InChI is InChI=1S/C17H23N5O3S/c1-26(24,25)21-8-6-20(7-9-21)17(23)13-10-15-16(18-11-13)22(12-19-15)14-4-2-3-5-14/h10-12,14H,2-9H2,1H3. The van der Waals surface area contributed by atoms with Crippen LogP contribution in [0.5, 0.6) is 0 Å². The van der Waals surface area contributed by atoms with Crippen LogP contribution in [0.1, 0.15) is 42.1 Å². The Morgan fingerprint density at radius 1 is 1.12 bits per heavy atom. The van der Waals surface area contributed by atoms with Gasteiger partial charge in [0.2, 0.25) is 10.0 Å². The van der Waals surface area contributed by atoms with Crippen LogP contribution in [-0.2, 0) is 10.0 Å². The zero-order chi connectivity index (χ0) is 18.3. The number of rotatable bonds is 3. The maximum absolute atomic E-state index is 12.7. The molecule has 3 heterocycles. The maximum atomic E-state index is 12.7. The summed E-state index contributed by atoms with van der Waals surface area (Å²) in [7, 11) is -3.20. The lowest BCUT2D eigenvalue weighted by atomic mass is 10.2. The van der Waals surface area contributed by atoms with E-state index in [0.29, 0.717) is 37.8 Å². The van der Waals surface area contributed by atoms with Crippen LogP contribution in [0, 0.1) is 0 Å². The van der Waals surface area contributed by atoms with Crippen LogP contribution < -0.4 is 0 Å². The molecule has 0 unspecified atom stereocenters. The quantitative estimate of drug-likeness (QED) is 0.804. The first kappa shape index (κ1) is 17.4. The Balaban J connectivity index is 1.51. The molecule has 1 aliphatic carbocycles. The Kier molecular flexibility index (Phi) is 4.44. The highest BCUT2D eigenvalue weighted by Gasteiger charge is 2.27. The van der Waals surface area contributed by atoms with Crippen LogP contribution >= 0.6 is 0 Å². The first-order chi connectivity index (χ1) is 12.4. The molecule has 26 heavy (non-hydrogen) atoms. The van der Waals surface area contributed by atoms with E-state index in [4.69, 9.17) is 0 Å². The predicted octanol–water partition coefficient (Wildman–Crippen LogP) is 1.26. The van der Waals surface area contributed by atoms with E-state index in [-0.39, 0.29) is 5.91 Å². The lowest BCUT2D eigenvalue weighted by molar-refractivity contribution is 0.0698. The minimum atomic E-state index is -3.20. The van der Waals surface area contributed by atoms with Gasteiger partial charge in [-0.2, -0.15) is 4.31 Å². The van der Waals surface area contributed by atoms with Crippen LogP contribution in [0.3, 0.4) is 0 Å². The van der Waals surface area contributed by atoms with Crippen LogP contribution in [0.25, 0.3) is 11.2 Å². The van der Waals surface area contributed by atoms with Gasteiger partial charge >= 0.3 is 0 Å².